The van der Waals surface area contributed by atoms with E-state index >= 15 is 0 Å². The summed E-state index contributed by atoms with van der Waals surface area (Å²) in [6.07, 6.45) is 1.72. The number of rotatable bonds is 4. The van der Waals surface area contributed by atoms with Gasteiger partial charge in [0, 0.05) is 18.7 Å². The van der Waals surface area contributed by atoms with Gasteiger partial charge in [-0.3, -0.25) is 4.79 Å². The minimum absolute atomic E-state index is 0.0225. The summed E-state index contributed by atoms with van der Waals surface area (Å²) >= 11 is 0. The number of nitrogens with zero attached hydrogens (tertiary/aromatic N) is 1. The summed E-state index contributed by atoms with van der Waals surface area (Å²) in [5.41, 5.74) is 0.609. The smallest absolute Gasteiger partial charge is 0.254 e. The van der Waals surface area contributed by atoms with E-state index in [2.05, 4.69) is 6.58 Å². The molecule has 1 aromatic carbocycles. The molecule has 0 atom stereocenters. The van der Waals surface area contributed by atoms with Crippen LogP contribution in [-0.4, -0.2) is 30.7 Å². The molecule has 0 aromatic heterocycles. The fraction of sp³-hybridized carbons (Fsp3) is 0.308. The highest BCUT2D eigenvalue weighted by atomic mass is 16.7. The highest BCUT2D eigenvalue weighted by Crippen LogP contribution is 2.32. The second-order valence-electron chi connectivity index (χ2n) is 3.70. The van der Waals surface area contributed by atoms with Crippen molar-refractivity contribution in [1.29, 1.82) is 0 Å². The number of benzene rings is 1. The van der Waals surface area contributed by atoms with Crippen molar-refractivity contribution in [2.45, 2.75) is 6.92 Å². The van der Waals surface area contributed by atoms with E-state index in [0.717, 1.165) is 0 Å². The van der Waals surface area contributed by atoms with Gasteiger partial charge in [-0.15, -0.1) is 6.58 Å². The number of fused-ring (bicyclic) bond motifs is 1. The van der Waals surface area contributed by atoms with E-state index in [-0.39, 0.29) is 12.7 Å². The molecule has 1 aromatic rings. The molecule has 0 spiro atoms. The monoisotopic (exact) mass is 233 g/mol. The van der Waals surface area contributed by atoms with Crippen LogP contribution in [0.3, 0.4) is 0 Å². The van der Waals surface area contributed by atoms with E-state index in [4.69, 9.17) is 9.47 Å². The van der Waals surface area contributed by atoms with Crippen molar-refractivity contribution in [2.75, 3.05) is 19.9 Å². The van der Waals surface area contributed by atoms with Crippen molar-refractivity contribution in [2.24, 2.45) is 0 Å². The molecule has 1 aliphatic rings. The number of amides is 1. The maximum atomic E-state index is 12.1. The third kappa shape index (κ3) is 2.25. The van der Waals surface area contributed by atoms with E-state index in [9.17, 15) is 4.79 Å². The third-order valence-corrected chi connectivity index (χ3v) is 2.64. The first-order chi connectivity index (χ1) is 8.26. The Morgan fingerprint density at radius 3 is 2.94 bits per heavy atom. The molecule has 0 N–H and O–H groups in total. The molecule has 4 nitrogen and oxygen atoms in total. The van der Waals surface area contributed by atoms with E-state index in [1.54, 1.807) is 29.2 Å². The average Bonchev–Trinajstić information content (AvgIpc) is 2.82. The van der Waals surface area contributed by atoms with E-state index in [0.29, 0.717) is 30.2 Å². The van der Waals surface area contributed by atoms with Crippen molar-refractivity contribution >= 4 is 5.91 Å². The molecule has 0 radical (unpaired) electrons. The second-order valence-corrected chi connectivity index (χ2v) is 3.70. The zero-order chi connectivity index (χ0) is 12.3. The first-order valence-corrected chi connectivity index (χ1v) is 5.56. The van der Waals surface area contributed by atoms with Gasteiger partial charge in [-0.2, -0.15) is 0 Å². The summed E-state index contributed by atoms with van der Waals surface area (Å²) in [6, 6.07) is 5.23. The molecule has 1 heterocycles. The van der Waals surface area contributed by atoms with Crippen LogP contribution in [0.4, 0.5) is 0 Å². The van der Waals surface area contributed by atoms with Crippen molar-refractivity contribution < 1.29 is 14.3 Å². The molecule has 4 heteroatoms. The first kappa shape index (κ1) is 11.5. The number of hydrogen-bond donors (Lipinski definition) is 0. The van der Waals surface area contributed by atoms with Crippen LogP contribution in [0.5, 0.6) is 11.5 Å². The number of likely N-dealkylation sites (N-methyl/N-ethyl adjacent to an activating group) is 1. The molecule has 90 valence electrons. The zero-order valence-electron chi connectivity index (χ0n) is 9.81. The molecular formula is C13H15NO3. The summed E-state index contributed by atoms with van der Waals surface area (Å²) < 4.78 is 10.5. The lowest BCUT2D eigenvalue weighted by molar-refractivity contribution is 0.0781. The van der Waals surface area contributed by atoms with Crippen LogP contribution in [0.1, 0.15) is 17.3 Å². The van der Waals surface area contributed by atoms with Gasteiger partial charge in [-0.1, -0.05) is 6.08 Å². The van der Waals surface area contributed by atoms with Crippen LogP contribution in [0.15, 0.2) is 30.9 Å². The molecule has 0 aliphatic carbocycles. The van der Waals surface area contributed by atoms with Gasteiger partial charge in [0.15, 0.2) is 11.5 Å². The van der Waals surface area contributed by atoms with Gasteiger partial charge in [0.25, 0.3) is 5.91 Å². The molecule has 0 fully saturated rings. The summed E-state index contributed by atoms with van der Waals surface area (Å²) in [5, 5.41) is 0. The van der Waals surface area contributed by atoms with Gasteiger partial charge < -0.3 is 14.4 Å². The predicted octanol–water partition coefficient (Wildman–Crippen LogP) is 2.06. The number of carbonyl (C=O) groups is 1. The molecular weight excluding hydrogens is 218 g/mol. The van der Waals surface area contributed by atoms with Gasteiger partial charge in [-0.05, 0) is 25.1 Å². The van der Waals surface area contributed by atoms with Crippen LogP contribution in [0.25, 0.3) is 0 Å². The first-order valence-electron chi connectivity index (χ1n) is 5.56. The third-order valence-electron chi connectivity index (χ3n) is 2.64. The number of ether oxygens (including phenoxy) is 2. The Labute approximate surface area is 100 Å². The molecule has 0 saturated carbocycles. The lowest BCUT2D eigenvalue weighted by atomic mass is 10.1. The SMILES string of the molecule is C=CCN(CC)C(=O)c1ccc2c(c1)OCO2. The van der Waals surface area contributed by atoms with Gasteiger partial charge in [0.05, 0.1) is 0 Å². The van der Waals surface area contributed by atoms with Crippen molar-refractivity contribution in [3.05, 3.63) is 36.4 Å². The van der Waals surface area contributed by atoms with Crippen LogP contribution in [0, 0.1) is 0 Å². The fourth-order valence-corrected chi connectivity index (χ4v) is 1.72. The van der Waals surface area contributed by atoms with E-state index in [1.807, 2.05) is 6.92 Å². The summed E-state index contributed by atoms with van der Waals surface area (Å²) in [7, 11) is 0. The second kappa shape index (κ2) is 4.91. The number of carbonyl (C=O) groups excluding carboxylic acids is 1. The lowest BCUT2D eigenvalue weighted by Gasteiger charge is -2.18. The topological polar surface area (TPSA) is 38.8 Å². The molecule has 0 saturated heterocycles. The Balaban J connectivity index is 2.21. The normalized spacial score (nSPS) is 12.3. The van der Waals surface area contributed by atoms with E-state index < -0.39 is 0 Å². The fourth-order valence-electron chi connectivity index (χ4n) is 1.72. The zero-order valence-corrected chi connectivity index (χ0v) is 9.81. The number of hydrogen-bond acceptors (Lipinski definition) is 3. The van der Waals surface area contributed by atoms with Crippen molar-refractivity contribution in [3.63, 3.8) is 0 Å². The van der Waals surface area contributed by atoms with Crippen LogP contribution in [-0.2, 0) is 0 Å². The Morgan fingerprint density at radius 2 is 2.24 bits per heavy atom. The largest absolute Gasteiger partial charge is 0.454 e. The molecule has 1 amide bonds. The van der Waals surface area contributed by atoms with Crippen LogP contribution >= 0.6 is 0 Å². The van der Waals surface area contributed by atoms with Crippen LogP contribution in [0.2, 0.25) is 0 Å². The van der Waals surface area contributed by atoms with Crippen molar-refractivity contribution in [1.82, 2.24) is 4.90 Å². The Kier molecular flexibility index (Phi) is 3.32. The van der Waals surface area contributed by atoms with Gasteiger partial charge in [-0.25, -0.2) is 0 Å². The minimum Gasteiger partial charge on any atom is -0.454 e. The molecule has 2 rings (SSSR count). The Bertz CT molecular complexity index is 442. The maximum Gasteiger partial charge on any atom is 0.254 e. The Morgan fingerprint density at radius 1 is 1.47 bits per heavy atom. The maximum absolute atomic E-state index is 12.1. The van der Waals surface area contributed by atoms with Crippen molar-refractivity contribution in [3.8, 4) is 11.5 Å². The lowest BCUT2D eigenvalue weighted by Crippen LogP contribution is -2.30. The summed E-state index contributed by atoms with van der Waals surface area (Å²) in [4.78, 5) is 13.9. The molecule has 0 unspecified atom stereocenters. The van der Waals surface area contributed by atoms with E-state index in [1.165, 1.54) is 0 Å². The Hall–Kier alpha value is -1.97. The van der Waals surface area contributed by atoms with Gasteiger partial charge >= 0.3 is 0 Å². The molecule has 17 heavy (non-hydrogen) atoms. The highest BCUT2D eigenvalue weighted by molar-refractivity contribution is 5.95. The van der Waals surface area contributed by atoms with Gasteiger partial charge in [0.1, 0.15) is 0 Å². The average molecular weight is 233 g/mol. The molecule has 0 bridgehead atoms. The quantitative estimate of drug-likeness (QED) is 0.747. The standard InChI is InChI=1S/C13H15NO3/c1-3-7-14(4-2)13(15)10-5-6-11-12(8-10)17-9-16-11/h3,5-6,8H,1,4,7,9H2,2H3. The highest BCUT2D eigenvalue weighted by Gasteiger charge is 2.18. The van der Waals surface area contributed by atoms with Gasteiger partial charge in [0.2, 0.25) is 6.79 Å². The summed E-state index contributed by atoms with van der Waals surface area (Å²) in [6.45, 7) is 7.00. The van der Waals surface area contributed by atoms with Crippen LogP contribution < -0.4 is 9.47 Å². The molecule has 1 aliphatic heterocycles. The minimum atomic E-state index is -0.0225. The predicted molar refractivity (Wildman–Crippen MR) is 64.3 cm³/mol. The summed E-state index contributed by atoms with van der Waals surface area (Å²) in [5.74, 6) is 1.30.